The van der Waals surface area contributed by atoms with Gasteiger partial charge in [0.05, 0.1) is 22.8 Å². The number of nitrogens with zero attached hydrogens (tertiary/aromatic N) is 4. The van der Waals surface area contributed by atoms with Crippen LogP contribution in [0.5, 0.6) is 0 Å². The minimum absolute atomic E-state index is 0.0200. The average Bonchev–Trinajstić information content (AvgIpc) is 3.26. The fourth-order valence-corrected chi connectivity index (χ4v) is 3.99. The topological polar surface area (TPSA) is 78.3 Å². The highest BCUT2D eigenvalue weighted by molar-refractivity contribution is 7.99. The number of carbonyl (C=O) groups excluding carboxylic acids is 1. The minimum Gasteiger partial charge on any atom is -0.353 e. The lowest BCUT2D eigenvalue weighted by Gasteiger charge is -2.25. The Balaban J connectivity index is 1.40. The monoisotopic (exact) mass is 394 g/mol. The summed E-state index contributed by atoms with van der Waals surface area (Å²) < 4.78 is 1.94. The molecule has 0 spiro atoms. The molecule has 144 valence electrons. The zero-order valence-corrected chi connectivity index (χ0v) is 16.6. The van der Waals surface area contributed by atoms with E-state index in [2.05, 4.69) is 37.5 Å². The second-order valence-electron chi connectivity index (χ2n) is 6.75. The maximum absolute atomic E-state index is 12.4. The Morgan fingerprint density at radius 3 is 2.71 bits per heavy atom. The van der Waals surface area contributed by atoms with Crippen molar-refractivity contribution in [3.8, 4) is 0 Å². The lowest BCUT2D eigenvalue weighted by atomic mass is 10.1. The van der Waals surface area contributed by atoms with Crippen LogP contribution in [0.3, 0.4) is 0 Å². The Morgan fingerprint density at radius 1 is 1.18 bits per heavy atom. The van der Waals surface area contributed by atoms with Gasteiger partial charge in [-0.25, -0.2) is 10.1 Å². The summed E-state index contributed by atoms with van der Waals surface area (Å²) >= 11 is 1.39. The molecule has 7 nitrogen and oxygen atoms in total. The number of amides is 1. The van der Waals surface area contributed by atoms with Gasteiger partial charge >= 0.3 is 0 Å². The molecule has 8 heteroatoms. The fraction of sp³-hybridized carbons (Fsp3) is 0.250. The Morgan fingerprint density at radius 2 is 1.93 bits per heavy atom. The molecule has 0 saturated carbocycles. The third-order valence-corrected chi connectivity index (χ3v) is 5.57. The van der Waals surface area contributed by atoms with Gasteiger partial charge in [-0.3, -0.25) is 9.20 Å². The molecule has 2 heterocycles. The normalized spacial score (nSPS) is 12.7. The van der Waals surface area contributed by atoms with E-state index in [9.17, 15) is 4.79 Å². The van der Waals surface area contributed by atoms with Crippen molar-refractivity contribution in [2.75, 3.05) is 26.4 Å². The van der Waals surface area contributed by atoms with Crippen LogP contribution in [0.1, 0.15) is 11.6 Å². The molecule has 2 aromatic carbocycles. The van der Waals surface area contributed by atoms with Crippen LogP contribution in [0.4, 0.5) is 0 Å². The smallest absolute Gasteiger partial charge is 0.231 e. The van der Waals surface area contributed by atoms with Crippen LogP contribution in [0.2, 0.25) is 0 Å². The van der Waals surface area contributed by atoms with Crippen molar-refractivity contribution in [2.24, 2.45) is 0 Å². The summed E-state index contributed by atoms with van der Waals surface area (Å²) in [6.07, 6.45) is 0. The van der Waals surface area contributed by atoms with Crippen molar-refractivity contribution in [3.63, 3.8) is 0 Å². The van der Waals surface area contributed by atoms with Crippen molar-refractivity contribution in [1.82, 2.24) is 29.8 Å². The first-order valence-corrected chi connectivity index (χ1v) is 10.0. The van der Waals surface area contributed by atoms with Gasteiger partial charge in [-0.1, -0.05) is 54.2 Å². The Hall–Kier alpha value is -2.84. The molecule has 28 heavy (non-hydrogen) atoms. The van der Waals surface area contributed by atoms with Gasteiger partial charge in [-0.05, 0) is 31.8 Å². The average molecular weight is 395 g/mol. The second-order valence-corrected chi connectivity index (χ2v) is 7.69. The number of nitrogens with one attached hydrogen (secondary N) is 2. The number of thioether (sulfide) groups is 1. The number of hydrogen-bond acceptors (Lipinski definition) is 5. The predicted molar refractivity (Wildman–Crippen MR) is 111 cm³/mol. The second kappa shape index (κ2) is 8.04. The number of likely N-dealkylation sites (N-methyl/N-ethyl adjacent to an activating group) is 1. The third-order valence-electron chi connectivity index (χ3n) is 4.64. The molecule has 0 unspecified atom stereocenters. The van der Waals surface area contributed by atoms with Crippen LogP contribution in [-0.4, -0.2) is 56.8 Å². The van der Waals surface area contributed by atoms with E-state index in [4.69, 9.17) is 0 Å². The number of para-hydroxylation sites is 2. The molecule has 2 aromatic heterocycles. The van der Waals surface area contributed by atoms with Crippen LogP contribution in [0.25, 0.3) is 16.8 Å². The molecule has 0 fully saturated rings. The highest BCUT2D eigenvalue weighted by Crippen LogP contribution is 2.23. The van der Waals surface area contributed by atoms with E-state index in [0.29, 0.717) is 18.1 Å². The first-order valence-electron chi connectivity index (χ1n) is 9.06. The van der Waals surface area contributed by atoms with Crippen molar-refractivity contribution in [3.05, 3.63) is 60.2 Å². The van der Waals surface area contributed by atoms with Crippen LogP contribution < -0.4 is 5.32 Å². The molecule has 4 aromatic rings. The van der Waals surface area contributed by atoms with E-state index in [0.717, 1.165) is 16.2 Å². The van der Waals surface area contributed by atoms with Crippen molar-refractivity contribution >= 4 is 34.5 Å². The molecule has 4 rings (SSSR count). The van der Waals surface area contributed by atoms with Crippen molar-refractivity contribution in [2.45, 2.75) is 11.2 Å². The summed E-state index contributed by atoms with van der Waals surface area (Å²) in [7, 11) is 4.03. The van der Waals surface area contributed by atoms with E-state index in [-0.39, 0.29) is 11.9 Å². The van der Waals surface area contributed by atoms with Gasteiger partial charge in [0.2, 0.25) is 11.7 Å². The number of imidazole rings is 1. The number of rotatable bonds is 7. The quantitative estimate of drug-likeness (QED) is 0.471. The van der Waals surface area contributed by atoms with E-state index in [1.54, 1.807) is 0 Å². The Bertz CT molecular complexity index is 1090. The minimum atomic E-state index is -0.0200. The lowest BCUT2D eigenvalue weighted by molar-refractivity contribution is -0.118. The van der Waals surface area contributed by atoms with Crippen LogP contribution in [0.15, 0.2) is 59.8 Å². The fourth-order valence-electron chi connectivity index (χ4n) is 3.20. The number of benzene rings is 2. The SMILES string of the molecule is CN(C)[C@@H](CNC(=O)CSc1n[nH]c2nc3ccccc3n12)c1ccccc1. The zero-order valence-electron chi connectivity index (χ0n) is 15.8. The highest BCUT2D eigenvalue weighted by Gasteiger charge is 2.16. The molecular formula is C20H22N6OS. The molecule has 0 aliphatic heterocycles. The van der Waals surface area contributed by atoms with Gasteiger partial charge in [0.1, 0.15) is 0 Å². The number of carbonyl (C=O) groups is 1. The van der Waals surface area contributed by atoms with Crippen LogP contribution >= 0.6 is 11.8 Å². The maximum atomic E-state index is 12.4. The standard InChI is InChI=1S/C20H22N6OS/c1-25(2)17(14-8-4-3-5-9-14)12-21-18(27)13-28-20-24-23-19-22-15-10-6-7-11-16(15)26(19)20/h3-11,17H,12-13H2,1-2H3,(H,21,27)(H,22,23)/t17-/m0/s1. The molecule has 0 radical (unpaired) electrons. The van der Waals surface area contributed by atoms with Crippen molar-refractivity contribution < 1.29 is 4.79 Å². The summed E-state index contributed by atoms with van der Waals surface area (Å²) in [5, 5.41) is 11.0. The van der Waals surface area contributed by atoms with Gasteiger partial charge in [0, 0.05) is 6.54 Å². The number of aromatic amines is 1. The van der Waals surface area contributed by atoms with Crippen molar-refractivity contribution in [1.29, 1.82) is 0 Å². The number of hydrogen-bond donors (Lipinski definition) is 2. The van der Waals surface area contributed by atoms with E-state index < -0.39 is 0 Å². The molecular weight excluding hydrogens is 372 g/mol. The molecule has 0 aliphatic carbocycles. The number of aromatic nitrogens is 4. The predicted octanol–water partition coefficient (Wildman–Crippen LogP) is 2.72. The Labute approximate surface area is 167 Å². The number of H-pyrrole nitrogens is 1. The third kappa shape index (κ3) is 3.74. The molecule has 0 aliphatic rings. The largest absolute Gasteiger partial charge is 0.353 e. The van der Waals surface area contributed by atoms with Gasteiger partial charge in [0.25, 0.3) is 0 Å². The molecule has 2 N–H and O–H groups in total. The van der Waals surface area contributed by atoms with Gasteiger partial charge in [0.15, 0.2) is 5.16 Å². The summed E-state index contributed by atoms with van der Waals surface area (Å²) in [4.78, 5) is 19.0. The highest BCUT2D eigenvalue weighted by atomic mass is 32.2. The number of fused-ring (bicyclic) bond motifs is 3. The molecule has 0 bridgehead atoms. The van der Waals surface area contributed by atoms with Gasteiger partial charge in [-0.15, -0.1) is 5.10 Å². The molecule has 1 atom stereocenters. The summed E-state index contributed by atoms with van der Waals surface area (Å²) in [5.41, 5.74) is 3.06. The van der Waals surface area contributed by atoms with Crippen LogP contribution in [-0.2, 0) is 4.79 Å². The van der Waals surface area contributed by atoms with E-state index >= 15 is 0 Å². The van der Waals surface area contributed by atoms with Gasteiger partial charge in [-0.2, -0.15) is 0 Å². The first kappa shape index (κ1) is 18.5. The van der Waals surface area contributed by atoms with Crippen LogP contribution in [0, 0.1) is 0 Å². The maximum Gasteiger partial charge on any atom is 0.231 e. The first-order chi connectivity index (χ1) is 13.6. The molecule has 0 saturated heterocycles. The summed E-state index contributed by atoms with van der Waals surface area (Å²) in [6.45, 7) is 0.556. The Kier molecular flexibility index (Phi) is 5.31. The summed E-state index contributed by atoms with van der Waals surface area (Å²) in [6, 6.07) is 18.2. The summed E-state index contributed by atoms with van der Waals surface area (Å²) in [5.74, 6) is 0.954. The lowest BCUT2D eigenvalue weighted by Crippen LogP contribution is -2.35. The van der Waals surface area contributed by atoms with E-state index in [1.165, 1.54) is 17.3 Å². The van der Waals surface area contributed by atoms with Gasteiger partial charge < -0.3 is 10.2 Å². The van der Waals surface area contributed by atoms with E-state index in [1.807, 2.05) is 61.0 Å². The molecule has 1 amide bonds. The zero-order chi connectivity index (χ0) is 19.5.